The van der Waals surface area contributed by atoms with E-state index >= 15 is 0 Å². The SMILES string of the molecule is CCCCN(C)C(=O)c1ccc(N2CCc3cc(OC)c(OC)cc3C2)nn1. The van der Waals surface area contributed by atoms with Crippen molar-refractivity contribution in [3.8, 4) is 11.5 Å². The summed E-state index contributed by atoms with van der Waals surface area (Å²) < 4.78 is 10.8. The average molecular weight is 384 g/mol. The molecule has 1 amide bonds. The fraction of sp³-hybridized carbons (Fsp3) is 0.476. The third-order valence-electron chi connectivity index (χ3n) is 5.11. The van der Waals surface area contributed by atoms with Gasteiger partial charge >= 0.3 is 0 Å². The van der Waals surface area contributed by atoms with Gasteiger partial charge in [0.2, 0.25) is 0 Å². The van der Waals surface area contributed by atoms with Crippen molar-refractivity contribution in [1.82, 2.24) is 15.1 Å². The molecule has 0 unspecified atom stereocenters. The molecular formula is C21H28N4O3. The Kier molecular flexibility index (Phi) is 6.34. The van der Waals surface area contributed by atoms with Gasteiger partial charge in [0.1, 0.15) is 0 Å². The van der Waals surface area contributed by atoms with Crippen LogP contribution in [0.1, 0.15) is 41.4 Å². The van der Waals surface area contributed by atoms with Crippen LogP contribution in [0.2, 0.25) is 0 Å². The number of rotatable bonds is 7. The van der Waals surface area contributed by atoms with Crippen molar-refractivity contribution in [3.63, 3.8) is 0 Å². The summed E-state index contributed by atoms with van der Waals surface area (Å²) in [4.78, 5) is 16.3. The number of hydrogen-bond acceptors (Lipinski definition) is 6. The van der Waals surface area contributed by atoms with Crippen LogP contribution >= 0.6 is 0 Å². The molecule has 0 radical (unpaired) electrons. The molecule has 1 aliphatic rings. The number of amides is 1. The van der Waals surface area contributed by atoms with E-state index in [1.54, 1.807) is 32.2 Å². The lowest BCUT2D eigenvalue weighted by molar-refractivity contribution is 0.0786. The van der Waals surface area contributed by atoms with E-state index in [4.69, 9.17) is 9.47 Å². The minimum atomic E-state index is -0.0895. The van der Waals surface area contributed by atoms with Crippen molar-refractivity contribution in [2.45, 2.75) is 32.7 Å². The van der Waals surface area contributed by atoms with Crippen molar-refractivity contribution in [2.24, 2.45) is 0 Å². The van der Waals surface area contributed by atoms with Crippen molar-refractivity contribution in [3.05, 3.63) is 41.1 Å². The van der Waals surface area contributed by atoms with Gasteiger partial charge in [-0.3, -0.25) is 4.79 Å². The Hall–Kier alpha value is -2.83. The molecule has 28 heavy (non-hydrogen) atoms. The molecule has 1 aromatic carbocycles. The van der Waals surface area contributed by atoms with E-state index in [-0.39, 0.29) is 5.91 Å². The van der Waals surface area contributed by atoms with E-state index in [1.807, 2.05) is 18.2 Å². The third kappa shape index (κ3) is 4.18. The minimum absolute atomic E-state index is 0.0895. The molecule has 0 N–H and O–H groups in total. The largest absolute Gasteiger partial charge is 0.493 e. The second-order valence-electron chi connectivity index (χ2n) is 7.00. The molecule has 1 aromatic heterocycles. The van der Waals surface area contributed by atoms with Gasteiger partial charge in [-0.15, -0.1) is 10.2 Å². The molecule has 3 rings (SSSR count). The molecule has 0 saturated heterocycles. The van der Waals surface area contributed by atoms with Crippen LogP contribution in [0.5, 0.6) is 11.5 Å². The highest BCUT2D eigenvalue weighted by atomic mass is 16.5. The Morgan fingerprint density at radius 1 is 1.14 bits per heavy atom. The molecule has 7 heteroatoms. The Labute approximate surface area is 166 Å². The van der Waals surface area contributed by atoms with Gasteiger partial charge in [0.05, 0.1) is 14.2 Å². The van der Waals surface area contributed by atoms with E-state index in [0.717, 1.165) is 49.7 Å². The van der Waals surface area contributed by atoms with Gasteiger partial charge in [-0.1, -0.05) is 13.3 Å². The summed E-state index contributed by atoms with van der Waals surface area (Å²) in [6.45, 7) is 4.39. The van der Waals surface area contributed by atoms with Gasteiger partial charge in [-0.05, 0) is 48.2 Å². The van der Waals surface area contributed by atoms with E-state index < -0.39 is 0 Å². The standard InChI is InChI=1S/C21H28N4O3/c1-5-6-10-24(2)21(26)17-7-8-20(23-22-17)25-11-9-15-12-18(27-3)19(28-4)13-16(15)14-25/h7-8,12-13H,5-6,9-11,14H2,1-4H3. The summed E-state index contributed by atoms with van der Waals surface area (Å²) in [5, 5.41) is 8.48. The number of methoxy groups -OCH3 is 2. The zero-order chi connectivity index (χ0) is 20.1. The van der Waals surface area contributed by atoms with E-state index in [0.29, 0.717) is 12.2 Å². The lowest BCUT2D eigenvalue weighted by Crippen LogP contribution is -2.32. The number of nitrogens with zero attached hydrogens (tertiary/aromatic N) is 4. The predicted molar refractivity (Wildman–Crippen MR) is 108 cm³/mol. The van der Waals surface area contributed by atoms with Gasteiger partial charge in [0.15, 0.2) is 23.0 Å². The molecule has 0 spiro atoms. The first-order chi connectivity index (χ1) is 13.6. The first kappa shape index (κ1) is 19.9. The van der Waals surface area contributed by atoms with Crippen LogP contribution in [0.3, 0.4) is 0 Å². The molecule has 0 saturated carbocycles. The molecule has 1 aliphatic heterocycles. The zero-order valence-corrected chi connectivity index (χ0v) is 17.1. The second-order valence-corrected chi connectivity index (χ2v) is 7.00. The predicted octanol–water partition coefficient (Wildman–Crippen LogP) is 2.93. The van der Waals surface area contributed by atoms with Crippen molar-refractivity contribution in [2.75, 3.05) is 39.3 Å². The summed E-state index contributed by atoms with van der Waals surface area (Å²) in [7, 11) is 5.10. The normalized spacial score (nSPS) is 13.1. The summed E-state index contributed by atoms with van der Waals surface area (Å²) in [6, 6.07) is 7.70. The summed E-state index contributed by atoms with van der Waals surface area (Å²) >= 11 is 0. The lowest BCUT2D eigenvalue weighted by Gasteiger charge is -2.30. The molecule has 0 fully saturated rings. The highest BCUT2D eigenvalue weighted by Gasteiger charge is 2.21. The summed E-state index contributed by atoms with van der Waals surface area (Å²) in [6.07, 6.45) is 2.92. The van der Waals surface area contributed by atoms with Crippen LogP contribution in [0.15, 0.2) is 24.3 Å². The van der Waals surface area contributed by atoms with Gasteiger partial charge in [-0.25, -0.2) is 0 Å². The van der Waals surface area contributed by atoms with Crippen LogP contribution < -0.4 is 14.4 Å². The Morgan fingerprint density at radius 3 is 2.46 bits per heavy atom. The van der Waals surface area contributed by atoms with Gasteiger partial charge in [-0.2, -0.15) is 0 Å². The van der Waals surface area contributed by atoms with E-state index in [9.17, 15) is 4.79 Å². The fourth-order valence-electron chi connectivity index (χ4n) is 3.38. The van der Waals surface area contributed by atoms with Crippen molar-refractivity contribution < 1.29 is 14.3 Å². The number of anilines is 1. The number of aromatic nitrogens is 2. The quantitative estimate of drug-likeness (QED) is 0.731. The maximum absolute atomic E-state index is 12.4. The first-order valence-electron chi connectivity index (χ1n) is 9.65. The molecule has 150 valence electrons. The van der Waals surface area contributed by atoms with Crippen molar-refractivity contribution in [1.29, 1.82) is 0 Å². The van der Waals surface area contributed by atoms with Crippen LogP contribution in [0, 0.1) is 0 Å². The maximum Gasteiger partial charge on any atom is 0.274 e. The van der Waals surface area contributed by atoms with Gasteiger partial charge < -0.3 is 19.3 Å². The fourth-order valence-corrected chi connectivity index (χ4v) is 3.38. The number of unbranched alkanes of at least 4 members (excludes halogenated alkanes) is 1. The van der Waals surface area contributed by atoms with Gasteiger partial charge in [0, 0.05) is 26.7 Å². The second kappa shape index (κ2) is 8.91. The first-order valence-corrected chi connectivity index (χ1v) is 9.65. The smallest absolute Gasteiger partial charge is 0.274 e. The molecule has 0 aliphatic carbocycles. The van der Waals surface area contributed by atoms with E-state index in [2.05, 4.69) is 22.0 Å². The number of benzene rings is 1. The number of carbonyl (C=O) groups excluding carboxylic acids is 1. The minimum Gasteiger partial charge on any atom is -0.493 e. The number of carbonyl (C=O) groups is 1. The molecule has 7 nitrogen and oxygen atoms in total. The Balaban J connectivity index is 1.73. The molecule has 2 aromatic rings. The monoisotopic (exact) mass is 384 g/mol. The number of ether oxygens (including phenoxy) is 2. The van der Waals surface area contributed by atoms with Crippen LogP contribution in [0.25, 0.3) is 0 Å². The number of fused-ring (bicyclic) bond motifs is 1. The van der Waals surface area contributed by atoms with E-state index in [1.165, 1.54) is 11.1 Å². The molecule has 0 bridgehead atoms. The third-order valence-corrected chi connectivity index (χ3v) is 5.11. The average Bonchev–Trinajstić information content (AvgIpc) is 2.75. The van der Waals surface area contributed by atoms with Gasteiger partial charge in [0.25, 0.3) is 5.91 Å². The number of hydrogen-bond donors (Lipinski definition) is 0. The maximum atomic E-state index is 12.4. The highest BCUT2D eigenvalue weighted by Crippen LogP contribution is 2.34. The summed E-state index contributed by atoms with van der Waals surface area (Å²) in [5.74, 6) is 2.16. The van der Waals surface area contributed by atoms with Crippen LogP contribution in [-0.4, -0.2) is 55.4 Å². The van der Waals surface area contributed by atoms with Crippen molar-refractivity contribution >= 4 is 11.7 Å². The highest BCUT2D eigenvalue weighted by molar-refractivity contribution is 5.92. The zero-order valence-electron chi connectivity index (χ0n) is 17.1. The topological polar surface area (TPSA) is 67.8 Å². The Morgan fingerprint density at radius 2 is 1.86 bits per heavy atom. The van der Waals surface area contributed by atoms with Crippen LogP contribution in [0.4, 0.5) is 5.82 Å². The summed E-state index contributed by atoms with van der Waals surface area (Å²) in [5.41, 5.74) is 2.82. The molecular weight excluding hydrogens is 356 g/mol. The molecule has 0 atom stereocenters. The molecule has 2 heterocycles. The lowest BCUT2D eigenvalue weighted by atomic mass is 9.99. The van der Waals surface area contributed by atoms with Crippen LogP contribution in [-0.2, 0) is 13.0 Å². The Bertz CT molecular complexity index is 823.